The Bertz CT molecular complexity index is 1040. The SMILES string of the molecule is CCCCC/C=C\C/C=C\CCCCCCCCCCCC(=O)NC(COP(=O)(O)OCC(O)COC(=O)CCCCCCCCCCCCCC)C(=O)O. The summed E-state index contributed by atoms with van der Waals surface area (Å²) in [6.07, 6.45) is 39.1. The molecule has 4 N–H and O–H groups in total. The van der Waals surface area contributed by atoms with Gasteiger partial charge in [-0.1, -0.05) is 167 Å². The second kappa shape index (κ2) is 38.8. The summed E-state index contributed by atoms with van der Waals surface area (Å²) < 4.78 is 26.8. The summed E-state index contributed by atoms with van der Waals surface area (Å²) >= 11 is 0. The van der Waals surface area contributed by atoms with E-state index in [9.17, 15) is 34.1 Å². The molecule has 0 fully saturated rings. The lowest BCUT2D eigenvalue weighted by molar-refractivity contribution is -0.147. The fraction of sp³-hybridized carbons (Fsp3) is 0.837. The normalized spacial score (nSPS) is 14.0. The molecule has 0 heterocycles. The number of nitrogens with one attached hydrogen (secondary N) is 1. The third-order valence-corrected chi connectivity index (χ3v) is 10.4. The molecule has 0 spiro atoms. The van der Waals surface area contributed by atoms with Crippen molar-refractivity contribution < 1.29 is 47.8 Å². The number of unbranched alkanes of at least 4 members (excludes halogenated alkanes) is 23. The van der Waals surface area contributed by atoms with E-state index in [-0.39, 0.29) is 12.8 Å². The molecule has 1 amide bonds. The van der Waals surface area contributed by atoms with Crippen LogP contribution in [0.15, 0.2) is 24.3 Å². The average molecular weight is 802 g/mol. The van der Waals surface area contributed by atoms with Crippen molar-refractivity contribution in [3.8, 4) is 0 Å². The molecule has 12 heteroatoms. The molecule has 3 atom stereocenters. The van der Waals surface area contributed by atoms with Gasteiger partial charge in [0.15, 0.2) is 6.04 Å². The molecule has 0 aromatic heterocycles. The van der Waals surface area contributed by atoms with E-state index in [2.05, 4.69) is 43.5 Å². The van der Waals surface area contributed by atoms with Gasteiger partial charge in [0.05, 0.1) is 13.2 Å². The highest BCUT2D eigenvalue weighted by Crippen LogP contribution is 2.43. The highest BCUT2D eigenvalue weighted by atomic mass is 31.2. The van der Waals surface area contributed by atoms with Crippen LogP contribution < -0.4 is 5.32 Å². The number of phosphoric acid groups is 1. The summed E-state index contributed by atoms with van der Waals surface area (Å²) in [5, 5.41) is 21.8. The zero-order valence-electron chi connectivity index (χ0n) is 34.7. The van der Waals surface area contributed by atoms with Crippen LogP contribution in [0.3, 0.4) is 0 Å². The second-order valence-electron chi connectivity index (χ2n) is 14.9. The van der Waals surface area contributed by atoms with Gasteiger partial charge in [-0.05, 0) is 44.9 Å². The van der Waals surface area contributed by atoms with E-state index >= 15 is 0 Å². The highest BCUT2D eigenvalue weighted by molar-refractivity contribution is 7.47. The second-order valence-corrected chi connectivity index (χ2v) is 16.3. The Labute approximate surface area is 334 Å². The number of allylic oxidation sites excluding steroid dienone is 4. The van der Waals surface area contributed by atoms with E-state index in [4.69, 9.17) is 13.8 Å². The number of amides is 1. The zero-order chi connectivity index (χ0) is 40.7. The van der Waals surface area contributed by atoms with Crippen molar-refractivity contribution in [2.75, 3.05) is 19.8 Å². The van der Waals surface area contributed by atoms with E-state index in [1.54, 1.807) is 0 Å². The molecule has 11 nitrogen and oxygen atoms in total. The minimum atomic E-state index is -4.75. The smallest absolute Gasteiger partial charge is 0.472 e. The molecule has 0 aliphatic carbocycles. The number of carbonyl (C=O) groups is 3. The van der Waals surface area contributed by atoms with Crippen molar-refractivity contribution in [1.82, 2.24) is 5.32 Å². The minimum absolute atomic E-state index is 0.142. The first-order valence-electron chi connectivity index (χ1n) is 21.9. The van der Waals surface area contributed by atoms with Gasteiger partial charge in [0.1, 0.15) is 12.7 Å². The van der Waals surface area contributed by atoms with E-state index in [0.717, 1.165) is 57.8 Å². The summed E-state index contributed by atoms with van der Waals surface area (Å²) in [6.45, 7) is 2.57. The number of ether oxygens (including phenoxy) is 1. The molecule has 0 aliphatic rings. The van der Waals surface area contributed by atoms with Crippen LogP contribution in [0.5, 0.6) is 0 Å². The quantitative estimate of drug-likeness (QED) is 0.0202. The first kappa shape index (κ1) is 53.0. The minimum Gasteiger partial charge on any atom is -0.480 e. The monoisotopic (exact) mass is 802 g/mol. The van der Waals surface area contributed by atoms with Crippen LogP contribution in [0.1, 0.15) is 200 Å². The lowest BCUT2D eigenvalue weighted by atomic mass is 10.0. The van der Waals surface area contributed by atoms with Gasteiger partial charge < -0.3 is 25.2 Å². The van der Waals surface area contributed by atoms with Gasteiger partial charge in [0, 0.05) is 12.8 Å². The van der Waals surface area contributed by atoms with E-state index in [1.807, 2.05) is 0 Å². The topological polar surface area (TPSA) is 169 Å². The lowest BCUT2D eigenvalue weighted by Gasteiger charge is -2.18. The number of aliphatic hydroxyl groups excluding tert-OH is 1. The molecule has 0 radical (unpaired) electrons. The zero-order valence-corrected chi connectivity index (χ0v) is 35.6. The summed E-state index contributed by atoms with van der Waals surface area (Å²) in [5.41, 5.74) is 0. The number of carbonyl (C=O) groups excluding carboxylic acids is 2. The summed E-state index contributed by atoms with van der Waals surface area (Å²) in [6, 6.07) is -1.55. The van der Waals surface area contributed by atoms with Crippen LogP contribution in [0, 0.1) is 0 Å². The molecular weight excluding hydrogens is 721 g/mol. The predicted octanol–water partition coefficient (Wildman–Crippen LogP) is 11.1. The molecule has 0 saturated heterocycles. The average Bonchev–Trinajstić information content (AvgIpc) is 3.16. The summed E-state index contributed by atoms with van der Waals surface area (Å²) in [7, 11) is -4.75. The molecule has 0 saturated carbocycles. The Kier molecular flexibility index (Phi) is 37.4. The van der Waals surface area contributed by atoms with Crippen molar-refractivity contribution >= 4 is 25.7 Å². The number of phosphoric ester groups is 1. The maximum absolute atomic E-state index is 12.3. The molecule has 322 valence electrons. The molecule has 3 unspecified atom stereocenters. The van der Waals surface area contributed by atoms with Gasteiger partial charge in [-0.25, -0.2) is 9.36 Å². The van der Waals surface area contributed by atoms with Gasteiger partial charge in [-0.2, -0.15) is 0 Å². The number of aliphatic carboxylic acids is 1. The van der Waals surface area contributed by atoms with Gasteiger partial charge in [-0.3, -0.25) is 18.6 Å². The Morgan fingerprint density at radius 1 is 0.582 bits per heavy atom. The Morgan fingerprint density at radius 2 is 1.00 bits per heavy atom. The predicted molar refractivity (Wildman–Crippen MR) is 222 cm³/mol. The summed E-state index contributed by atoms with van der Waals surface area (Å²) in [5.74, 6) is -2.37. The van der Waals surface area contributed by atoms with Crippen molar-refractivity contribution in [1.29, 1.82) is 0 Å². The van der Waals surface area contributed by atoms with E-state index < -0.39 is 57.6 Å². The van der Waals surface area contributed by atoms with Gasteiger partial charge in [0.25, 0.3) is 0 Å². The van der Waals surface area contributed by atoms with Crippen LogP contribution in [0.25, 0.3) is 0 Å². The number of rotatable bonds is 41. The number of carboxylic acids is 1. The Morgan fingerprint density at radius 3 is 1.51 bits per heavy atom. The Balaban J connectivity index is 3.90. The first-order valence-corrected chi connectivity index (χ1v) is 23.4. The third-order valence-electron chi connectivity index (χ3n) is 9.49. The van der Waals surface area contributed by atoms with Crippen LogP contribution in [-0.2, 0) is 32.7 Å². The highest BCUT2D eigenvalue weighted by Gasteiger charge is 2.28. The fourth-order valence-electron chi connectivity index (χ4n) is 6.05. The fourth-order valence-corrected chi connectivity index (χ4v) is 6.82. The van der Waals surface area contributed by atoms with Crippen molar-refractivity contribution in [3.63, 3.8) is 0 Å². The maximum atomic E-state index is 12.3. The Hall–Kier alpha value is -2.04. The van der Waals surface area contributed by atoms with Gasteiger partial charge >= 0.3 is 19.8 Å². The van der Waals surface area contributed by atoms with Crippen LogP contribution in [0.2, 0.25) is 0 Å². The molecule has 0 aliphatic heterocycles. The van der Waals surface area contributed by atoms with E-state index in [0.29, 0.717) is 12.8 Å². The van der Waals surface area contributed by atoms with Crippen molar-refractivity contribution in [2.45, 2.75) is 212 Å². The largest absolute Gasteiger partial charge is 0.480 e. The number of hydrogen-bond acceptors (Lipinski definition) is 8. The van der Waals surface area contributed by atoms with Crippen molar-refractivity contribution in [3.05, 3.63) is 24.3 Å². The standard InChI is InChI=1S/C43H80NO10P/c1-3-5-7-9-11-13-15-17-18-19-20-21-22-23-24-26-28-30-32-34-41(46)44-40(43(48)49)38-54-55(50,51)53-37-39(45)36-52-42(47)35-33-31-29-27-25-16-14-12-10-8-6-4-2/h11,13,17-18,39-40,45H,3-10,12,14-16,19-38H2,1-2H3,(H,44,46)(H,48,49)(H,50,51)/b13-11-,18-17-. The van der Waals surface area contributed by atoms with Crippen LogP contribution in [-0.4, -0.2) is 64.9 Å². The van der Waals surface area contributed by atoms with Gasteiger partial charge in [-0.15, -0.1) is 0 Å². The van der Waals surface area contributed by atoms with Gasteiger partial charge in [0.2, 0.25) is 5.91 Å². The molecule has 0 bridgehead atoms. The molecule has 55 heavy (non-hydrogen) atoms. The number of hydrogen-bond donors (Lipinski definition) is 4. The number of aliphatic hydroxyl groups is 1. The number of carboxylic acid groups (broad SMARTS) is 1. The molecular formula is C43H80NO10P. The van der Waals surface area contributed by atoms with Crippen LogP contribution in [0.4, 0.5) is 0 Å². The number of esters is 1. The first-order chi connectivity index (χ1) is 26.6. The molecule has 0 rings (SSSR count). The van der Waals surface area contributed by atoms with E-state index in [1.165, 1.54) is 103 Å². The third kappa shape index (κ3) is 38.6. The molecule has 0 aromatic carbocycles. The lowest BCUT2D eigenvalue weighted by Crippen LogP contribution is -2.43. The van der Waals surface area contributed by atoms with Crippen molar-refractivity contribution in [2.24, 2.45) is 0 Å². The molecule has 0 aromatic rings. The maximum Gasteiger partial charge on any atom is 0.472 e. The van der Waals surface area contributed by atoms with Crippen LogP contribution >= 0.6 is 7.82 Å². The summed E-state index contributed by atoms with van der Waals surface area (Å²) in [4.78, 5) is 45.9.